The molecule has 4 heteroatoms. The number of carbonyl (C=O) groups excluding carboxylic acids is 1. The molecule has 1 atom stereocenters. The minimum Gasteiger partial charge on any atom is -0.337 e. The SMILES string of the molecule is CNC1CCN(C(=O)c2ccc(Br)cc2C)C1. The summed E-state index contributed by atoms with van der Waals surface area (Å²) in [6.07, 6.45) is 1.04. The van der Waals surface area contributed by atoms with Crippen LogP contribution in [-0.2, 0) is 0 Å². The summed E-state index contributed by atoms with van der Waals surface area (Å²) in [6.45, 7) is 3.63. The highest BCUT2D eigenvalue weighted by atomic mass is 79.9. The topological polar surface area (TPSA) is 32.3 Å². The van der Waals surface area contributed by atoms with Crippen LogP contribution in [0, 0.1) is 6.92 Å². The minimum absolute atomic E-state index is 0.146. The first-order valence-corrected chi connectivity index (χ1v) is 6.64. The van der Waals surface area contributed by atoms with E-state index in [0.717, 1.165) is 35.1 Å². The fraction of sp³-hybridized carbons (Fsp3) is 0.462. The van der Waals surface area contributed by atoms with Gasteiger partial charge in [-0.1, -0.05) is 15.9 Å². The van der Waals surface area contributed by atoms with E-state index in [1.54, 1.807) is 0 Å². The van der Waals surface area contributed by atoms with Gasteiger partial charge in [-0.3, -0.25) is 4.79 Å². The van der Waals surface area contributed by atoms with Crippen molar-refractivity contribution in [3.63, 3.8) is 0 Å². The molecule has 1 N–H and O–H groups in total. The first-order chi connectivity index (χ1) is 8.11. The van der Waals surface area contributed by atoms with Crippen LogP contribution in [0.25, 0.3) is 0 Å². The zero-order valence-corrected chi connectivity index (χ0v) is 11.8. The Morgan fingerprint density at radius 1 is 1.53 bits per heavy atom. The zero-order chi connectivity index (χ0) is 12.4. The second-order valence-electron chi connectivity index (χ2n) is 4.48. The van der Waals surface area contributed by atoms with Gasteiger partial charge in [0.2, 0.25) is 0 Å². The summed E-state index contributed by atoms with van der Waals surface area (Å²) >= 11 is 3.41. The molecule has 1 saturated heterocycles. The first kappa shape index (κ1) is 12.6. The van der Waals surface area contributed by atoms with E-state index in [4.69, 9.17) is 0 Å². The Balaban J connectivity index is 2.15. The molecule has 0 aliphatic carbocycles. The van der Waals surface area contributed by atoms with Gasteiger partial charge in [0, 0.05) is 29.2 Å². The summed E-state index contributed by atoms with van der Waals surface area (Å²) in [5.41, 5.74) is 1.84. The van der Waals surface area contributed by atoms with Crippen molar-refractivity contribution in [1.82, 2.24) is 10.2 Å². The van der Waals surface area contributed by atoms with Gasteiger partial charge in [-0.15, -0.1) is 0 Å². The summed E-state index contributed by atoms with van der Waals surface area (Å²) in [5, 5.41) is 3.22. The number of nitrogens with zero attached hydrogens (tertiary/aromatic N) is 1. The summed E-state index contributed by atoms with van der Waals surface area (Å²) in [7, 11) is 1.95. The van der Waals surface area contributed by atoms with Crippen molar-refractivity contribution in [3.05, 3.63) is 33.8 Å². The summed E-state index contributed by atoms with van der Waals surface area (Å²) in [5.74, 6) is 0.146. The highest BCUT2D eigenvalue weighted by Crippen LogP contribution is 2.19. The van der Waals surface area contributed by atoms with E-state index < -0.39 is 0 Å². The van der Waals surface area contributed by atoms with Gasteiger partial charge in [0.05, 0.1) is 0 Å². The molecule has 0 radical (unpaired) electrons. The molecule has 1 aromatic carbocycles. The first-order valence-electron chi connectivity index (χ1n) is 5.84. The zero-order valence-electron chi connectivity index (χ0n) is 10.2. The van der Waals surface area contributed by atoms with Gasteiger partial charge in [0.1, 0.15) is 0 Å². The predicted octanol–water partition coefficient (Wildman–Crippen LogP) is 2.19. The number of halogens is 1. The van der Waals surface area contributed by atoms with Gasteiger partial charge in [-0.25, -0.2) is 0 Å². The molecule has 1 aliphatic rings. The van der Waals surface area contributed by atoms with Crippen LogP contribution < -0.4 is 5.32 Å². The molecule has 1 aliphatic heterocycles. The molecule has 1 aromatic rings. The fourth-order valence-electron chi connectivity index (χ4n) is 2.22. The van der Waals surface area contributed by atoms with Crippen LogP contribution in [0.2, 0.25) is 0 Å². The second-order valence-corrected chi connectivity index (χ2v) is 5.40. The highest BCUT2D eigenvalue weighted by molar-refractivity contribution is 9.10. The third kappa shape index (κ3) is 2.69. The van der Waals surface area contributed by atoms with Crippen LogP contribution in [-0.4, -0.2) is 37.0 Å². The number of carbonyl (C=O) groups is 1. The van der Waals surface area contributed by atoms with Crippen LogP contribution >= 0.6 is 15.9 Å². The van der Waals surface area contributed by atoms with Crippen LogP contribution in [0.1, 0.15) is 22.3 Å². The van der Waals surface area contributed by atoms with E-state index in [9.17, 15) is 4.79 Å². The number of rotatable bonds is 2. The molecule has 0 bridgehead atoms. The van der Waals surface area contributed by atoms with Crippen molar-refractivity contribution < 1.29 is 4.79 Å². The van der Waals surface area contributed by atoms with E-state index >= 15 is 0 Å². The molecule has 1 amide bonds. The number of aryl methyl sites for hydroxylation is 1. The van der Waals surface area contributed by atoms with E-state index in [1.165, 1.54) is 0 Å². The molecule has 17 heavy (non-hydrogen) atoms. The number of nitrogens with one attached hydrogen (secondary N) is 1. The number of likely N-dealkylation sites (N-methyl/N-ethyl adjacent to an activating group) is 1. The maximum Gasteiger partial charge on any atom is 0.254 e. The molecule has 3 nitrogen and oxygen atoms in total. The van der Waals surface area contributed by atoms with Gasteiger partial charge >= 0.3 is 0 Å². The van der Waals surface area contributed by atoms with Crippen molar-refractivity contribution in [2.45, 2.75) is 19.4 Å². The lowest BCUT2D eigenvalue weighted by Gasteiger charge is -2.17. The fourth-order valence-corrected chi connectivity index (χ4v) is 2.69. The van der Waals surface area contributed by atoms with Gasteiger partial charge in [0.15, 0.2) is 0 Å². The van der Waals surface area contributed by atoms with Gasteiger partial charge in [-0.2, -0.15) is 0 Å². The standard InChI is InChI=1S/C13H17BrN2O/c1-9-7-10(14)3-4-12(9)13(17)16-6-5-11(8-16)15-2/h3-4,7,11,15H,5-6,8H2,1-2H3. The smallest absolute Gasteiger partial charge is 0.254 e. The minimum atomic E-state index is 0.146. The molecule has 92 valence electrons. The average molecular weight is 297 g/mol. The third-order valence-corrected chi connectivity index (χ3v) is 3.80. The lowest BCUT2D eigenvalue weighted by Crippen LogP contribution is -2.33. The van der Waals surface area contributed by atoms with Crippen molar-refractivity contribution in [2.24, 2.45) is 0 Å². The molecular weight excluding hydrogens is 280 g/mol. The number of hydrogen-bond donors (Lipinski definition) is 1. The molecule has 2 rings (SSSR count). The summed E-state index contributed by atoms with van der Waals surface area (Å²) < 4.78 is 1.01. The molecule has 1 unspecified atom stereocenters. The molecule has 1 fully saturated rings. The van der Waals surface area contributed by atoms with Crippen molar-refractivity contribution >= 4 is 21.8 Å². The number of hydrogen-bond acceptors (Lipinski definition) is 2. The molecule has 0 spiro atoms. The van der Waals surface area contributed by atoms with Gasteiger partial charge in [0.25, 0.3) is 5.91 Å². The van der Waals surface area contributed by atoms with Crippen LogP contribution in [0.4, 0.5) is 0 Å². The lowest BCUT2D eigenvalue weighted by molar-refractivity contribution is 0.0789. The summed E-state index contributed by atoms with van der Waals surface area (Å²) in [6, 6.07) is 6.24. The third-order valence-electron chi connectivity index (χ3n) is 3.30. The van der Waals surface area contributed by atoms with E-state index in [-0.39, 0.29) is 5.91 Å². The Labute approximate surface area is 110 Å². The Morgan fingerprint density at radius 3 is 2.88 bits per heavy atom. The highest BCUT2D eigenvalue weighted by Gasteiger charge is 2.26. The van der Waals surface area contributed by atoms with Crippen molar-refractivity contribution in [3.8, 4) is 0 Å². The maximum absolute atomic E-state index is 12.3. The Bertz CT molecular complexity index is 433. The van der Waals surface area contributed by atoms with Crippen LogP contribution in [0.5, 0.6) is 0 Å². The Morgan fingerprint density at radius 2 is 2.29 bits per heavy atom. The van der Waals surface area contributed by atoms with E-state index in [0.29, 0.717) is 6.04 Å². The second kappa shape index (κ2) is 5.19. The Kier molecular flexibility index (Phi) is 3.84. The predicted molar refractivity (Wildman–Crippen MR) is 72.2 cm³/mol. The normalized spacial score (nSPS) is 19.7. The molecular formula is C13H17BrN2O. The van der Waals surface area contributed by atoms with Crippen LogP contribution in [0.3, 0.4) is 0 Å². The van der Waals surface area contributed by atoms with Crippen molar-refractivity contribution in [2.75, 3.05) is 20.1 Å². The molecule has 0 saturated carbocycles. The number of benzene rings is 1. The van der Waals surface area contributed by atoms with Crippen LogP contribution in [0.15, 0.2) is 22.7 Å². The largest absolute Gasteiger partial charge is 0.337 e. The number of amides is 1. The molecule has 0 aromatic heterocycles. The quantitative estimate of drug-likeness (QED) is 0.907. The van der Waals surface area contributed by atoms with Crippen molar-refractivity contribution in [1.29, 1.82) is 0 Å². The van der Waals surface area contributed by atoms with E-state index in [1.807, 2.05) is 37.1 Å². The summed E-state index contributed by atoms with van der Waals surface area (Å²) in [4.78, 5) is 14.3. The van der Waals surface area contributed by atoms with Gasteiger partial charge in [-0.05, 0) is 44.2 Å². The average Bonchev–Trinajstić information content (AvgIpc) is 2.76. The molecule has 1 heterocycles. The lowest BCUT2D eigenvalue weighted by atomic mass is 10.1. The Hall–Kier alpha value is -0.870. The monoisotopic (exact) mass is 296 g/mol. The number of likely N-dealkylation sites (tertiary alicyclic amines) is 1. The van der Waals surface area contributed by atoms with Gasteiger partial charge < -0.3 is 10.2 Å². The maximum atomic E-state index is 12.3. The van der Waals surface area contributed by atoms with E-state index in [2.05, 4.69) is 21.2 Å².